The number of hydrogen-bond acceptors (Lipinski definition) is 4. The Morgan fingerprint density at radius 1 is 1.24 bits per heavy atom. The second kappa shape index (κ2) is 6.22. The summed E-state index contributed by atoms with van der Waals surface area (Å²) in [5.74, 6) is -1.50. The quantitative estimate of drug-likeness (QED) is 0.691. The average Bonchev–Trinajstić information content (AvgIpc) is 2.43. The molecule has 0 bridgehead atoms. The highest BCUT2D eigenvalue weighted by Crippen LogP contribution is 2.22. The van der Waals surface area contributed by atoms with E-state index in [4.69, 9.17) is 5.11 Å². The van der Waals surface area contributed by atoms with Gasteiger partial charge in [0.25, 0.3) is 0 Å². The highest BCUT2D eigenvalue weighted by atomic mass is 32.2. The molecule has 0 aliphatic carbocycles. The molecule has 2 aromatic rings. The van der Waals surface area contributed by atoms with Gasteiger partial charge in [0.15, 0.2) is 5.16 Å². The van der Waals surface area contributed by atoms with Crippen molar-refractivity contribution in [2.24, 2.45) is 0 Å². The smallest absolute Gasteiger partial charge is 0.338 e. The number of nitrogens with zero attached hydrogens (tertiary/aromatic N) is 2. The first-order chi connectivity index (χ1) is 9.88. The molecular weight excluding hydrogens is 291 g/mol. The minimum absolute atomic E-state index is 0.315. The number of carbonyl (C=O) groups is 1. The van der Waals surface area contributed by atoms with Crippen molar-refractivity contribution >= 4 is 17.7 Å². The van der Waals surface area contributed by atoms with Gasteiger partial charge in [0, 0.05) is 17.1 Å². The Kier molecular flexibility index (Phi) is 4.57. The van der Waals surface area contributed by atoms with Crippen molar-refractivity contribution in [1.29, 1.82) is 0 Å². The van der Waals surface area contributed by atoms with Gasteiger partial charge in [-0.15, -0.1) is 0 Å². The monoisotopic (exact) mass is 306 g/mol. The molecule has 0 aliphatic rings. The zero-order chi connectivity index (χ0) is 15.6. The van der Waals surface area contributed by atoms with E-state index in [2.05, 4.69) is 9.97 Å². The number of hydrogen-bond donors (Lipinski definition) is 1. The lowest BCUT2D eigenvalue weighted by molar-refractivity contribution is 0.0692. The van der Waals surface area contributed by atoms with Gasteiger partial charge in [-0.25, -0.2) is 19.2 Å². The molecule has 1 aromatic heterocycles. The molecule has 21 heavy (non-hydrogen) atoms. The lowest BCUT2D eigenvalue weighted by Gasteiger charge is -2.07. The third-order valence-electron chi connectivity index (χ3n) is 3.24. The molecule has 6 heteroatoms. The maximum atomic E-state index is 13.3. The molecule has 0 saturated carbocycles. The fourth-order valence-corrected chi connectivity index (χ4v) is 2.66. The normalized spacial score (nSPS) is 10.7. The third kappa shape index (κ3) is 3.58. The van der Waals surface area contributed by atoms with Crippen LogP contribution >= 0.6 is 11.8 Å². The SMILES string of the molecule is Cc1nc(SCc2ccc(F)c(C(=O)O)c2)nc(C)c1C. The molecular formula is C15H15FN2O2S. The largest absolute Gasteiger partial charge is 0.478 e. The zero-order valence-corrected chi connectivity index (χ0v) is 12.8. The van der Waals surface area contributed by atoms with Crippen LogP contribution in [0.3, 0.4) is 0 Å². The van der Waals surface area contributed by atoms with E-state index in [1.807, 2.05) is 20.8 Å². The zero-order valence-electron chi connectivity index (χ0n) is 12.0. The van der Waals surface area contributed by atoms with Crippen LogP contribution in [0.15, 0.2) is 23.4 Å². The van der Waals surface area contributed by atoms with Crippen LogP contribution in [-0.4, -0.2) is 21.0 Å². The van der Waals surface area contributed by atoms with Gasteiger partial charge in [-0.2, -0.15) is 0 Å². The van der Waals surface area contributed by atoms with Gasteiger partial charge in [-0.3, -0.25) is 0 Å². The maximum absolute atomic E-state index is 13.3. The van der Waals surface area contributed by atoms with Crippen LogP contribution in [-0.2, 0) is 5.75 Å². The van der Waals surface area contributed by atoms with Crippen LogP contribution in [0.2, 0.25) is 0 Å². The topological polar surface area (TPSA) is 63.1 Å². The van der Waals surface area contributed by atoms with Crippen LogP contribution in [0.25, 0.3) is 0 Å². The van der Waals surface area contributed by atoms with E-state index in [0.717, 1.165) is 22.5 Å². The third-order valence-corrected chi connectivity index (χ3v) is 4.16. The summed E-state index contributed by atoms with van der Waals surface area (Å²) in [4.78, 5) is 19.7. The predicted octanol–water partition coefficient (Wildman–Crippen LogP) is 3.53. The Morgan fingerprint density at radius 2 is 1.86 bits per heavy atom. The highest BCUT2D eigenvalue weighted by molar-refractivity contribution is 7.98. The molecule has 0 saturated heterocycles. The van der Waals surface area contributed by atoms with Crippen molar-refractivity contribution in [2.75, 3.05) is 0 Å². The lowest BCUT2D eigenvalue weighted by Crippen LogP contribution is -2.02. The summed E-state index contributed by atoms with van der Waals surface area (Å²) in [6.45, 7) is 5.82. The van der Waals surface area contributed by atoms with Gasteiger partial charge in [0.05, 0.1) is 5.56 Å². The highest BCUT2D eigenvalue weighted by Gasteiger charge is 2.11. The minimum Gasteiger partial charge on any atom is -0.478 e. The molecule has 0 spiro atoms. The van der Waals surface area contributed by atoms with E-state index in [9.17, 15) is 9.18 Å². The summed E-state index contributed by atoms with van der Waals surface area (Å²) in [5.41, 5.74) is 3.32. The van der Waals surface area contributed by atoms with Crippen molar-refractivity contribution in [1.82, 2.24) is 9.97 Å². The number of carboxylic acid groups (broad SMARTS) is 1. The van der Waals surface area contributed by atoms with Gasteiger partial charge in [-0.1, -0.05) is 17.8 Å². The summed E-state index contributed by atoms with van der Waals surface area (Å²) < 4.78 is 13.3. The molecule has 110 valence electrons. The van der Waals surface area contributed by atoms with Gasteiger partial charge < -0.3 is 5.11 Å². The van der Waals surface area contributed by atoms with E-state index in [0.29, 0.717) is 10.9 Å². The number of carboxylic acids is 1. The standard InChI is InChI=1S/C15H15FN2O2S/c1-8-9(2)17-15(18-10(8)3)21-7-11-4-5-13(16)12(6-11)14(19)20/h4-6H,7H2,1-3H3,(H,19,20). The second-order valence-electron chi connectivity index (χ2n) is 4.71. The van der Waals surface area contributed by atoms with Crippen molar-refractivity contribution in [2.45, 2.75) is 31.7 Å². The number of aromatic carboxylic acids is 1. The summed E-state index contributed by atoms with van der Waals surface area (Å²) in [5, 5.41) is 9.54. The molecule has 0 atom stereocenters. The Labute approximate surface area is 126 Å². The van der Waals surface area contributed by atoms with Crippen molar-refractivity contribution in [3.63, 3.8) is 0 Å². The van der Waals surface area contributed by atoms with Crippen molar-refractivity contribution in [3.8, 4) is 0 Å². The van der Waals surface area contributed by atoms with Crippen LogP contribution in [0, 0.1) is 26.6 Å². The first-order valence-corrected chi connectivity index (χ1v) is 7.33. The Hall–Kier alpha value is -1.95. The first-order valence-electron chi connectivity index (χ1n) is 6.35. The molecule has 0 fully saturated rings. The number of aromatic nitrogens is 2. The molecule has 4 nitrogen and oxygen atoms in total. The molecule has 0 radical (unpaired) electrons. The van der Waals surface area contributed by atoms with Gasteiger partial charge in [0.1, 0.15) is 5.82 Å². The fourth-order valence-electron chi connectivity index (χ4n) is 1.78. The summed E-state index contributed by atoms with van der Waals surface area (Å²) >= 11 is 1.40. The van der Waals surface area contributed by atoms with Crippen molar-refractivity contribution in [3.05, 3.63) is 52.1 Å². The van der Waals surface area contributed by atoms with E-state index < -0.39 is 11.8 Å². The molecule has 2 rings (SSSR count). The number of thioether (sulfide) groups is 1. The van der Waals surface area contributed by atoms with Crippen LogP contribution in [0.4, 0.5) is 4.39 Å². The molecule has 0 unspecified atom stereocenters. The Balaban J connectivity index is 2.17. The minimum atomic E-state index is -1.27. The van der Waals surface area contributed by atoms with Gasteiger partial charge in [-0.05, 0) is 44.0 Å². The Morgan fingerprint density at radius 3 is 2.43 bits per heavy atom. The molecule has 1 heterocycles. The van der Waals surface area contributed by atoms with Gasteiger partial charge >= 0.3 is 5.97 Å². The maximum Gasteiger partial charge on any atom is 0.338 e. The summed E-state index contributed by atoms with van der Waals surface area (Å²) in [6, 6.07) is 4.09. The van der Waals surface area contributed by atoms with Gasteiger partial charge in [0.2, 0.25) is 0 Å². The number of rotatable bonds is 4. The molecule has 0 aliphatic heterocycles. The van der Waals surface area contributed by atoms with E-state index in [1.165, 1.54) is 23.9 Å². The molecule has 1 N–H and O–H groups in total. The Bertz CT molecular complexity index is 681. The number of benzene rings is 1. The average molecular weight is 306 g/mol. The van der Waals surface area contributed by atoms with Crippen molar-refractivity contribution < 1.29 is 14.3 Å². The second-order valence-corrected chi connectivity index (χ2v) is 5.65. The van der Waals surface area contributed by atoms with E-state index in [1.54, 1.807) is 6.07 Å². The van der Waals surface area contributed by atoms with E-state index in [-0.39, 0.29) is 5.56 Å². The van der Waals surface area contributed by atoms with Crippen LogP contribution in [0.1, 0.15) is 32.9 Å². The van der Waals surface area contributed by atoms with Crippen LogP contribution in [0.5, 0.6) is 0 Å². The number of halogens is 1. The predicted molar refractivity (Wildman–Crippen MR) is 79.2 cm³/mol. The first kappa shape index (κ1) is 15.4. The number of aryl methyl sites for hydroxylation is 2. The molecule has 1 aromatic carbocycles. The fraction of sp³-hybridized carbons (Fsp3) is 0.267. The molecule has 0 amide bonds. The summed E-state index contributed by atoms with van der Waals surface area (Å²) in [7, 11) is 0. The van der Waals surface area contributed by atoms with E-state index >= 15 is 0 Å². The lowest BCUT2D eigenvalue weighted by atomic mass is 10.1. The van der Waals surface area contributed by atoms with Crippen LogP contribution < -0.4 is 0 Å². The summed E-state index contributed by atoms with van der Waals surface area (Å²) in [6.07, 6.45) is 0.